The highest BCUT2D eigenvalue weighted by molar-refractivity contribution is 7.89. The van der Waals surface area contributed by atoms with E-state index in [4.69, 9.17) is 4.74 Å². The van der Waals surface area contributed by atoms with Crippen LogP contribution in [0.2, 0.25) is 0 Å². The standard InChI is InChI=1S/C22H32N2O5S/c1-13-12-14(2)16(4)20(15(13)3)30(27,28)24-10-8-18(9-11-24)22(26)29-17(5)21(25)23-19-6-7-19/h12,17-19H,6-11H2,1-5H3,(H,23,25). The van der Waals surface area contributed by atoms with E-state index in [1.807, 2.05) is 33.8 Å². The zero-order valence-corrected chi connectivity index (χ0v) is 19.3. The van der Waals surface area contributed by atoms with Gasteiger partial charge < -0.3 is 10.1 Å². The second-order valence-corrected chi connectivity index (χ2v) is 10.5. The molecule has 0 radical (unpaired) electrons. The summed E-state index contributed by atoms with van der Waals surface area (Å²) >= 11 is 0. The molecule has 0 aromatic heterocycles. The van der Waals surface area contributed by atoms with Crippen LogP contribution in [-0.2, 0) is 24.3 Å². The Kier molecular flexibility index (Phi) is 6.57. The molecule has 166 valence electrons. The summed E-state index contributed by atoms with van der Waals surface area (Å²) in [5, 5.41) is 2.82. The number of rotatable bonds is 6. The number of piperidine rings is 1. The fourth-order valence-corrected chi connectivity index (χ4v) is 5.94. The summed E-state index contributed by atoms with van der Waals surface area (Å²) in [6, 6.07) is 2.22. The van der Waals surface area contributed by atoms with Gasteiger partial charge in [0.1, 0.15) is 0 Å². The maximum atomic E-state index is 13.3. The maximum absolute atomic E-state index is 13.3. The summed E-state index contributed by atoms with van der Waals surface area (Å²) in [6.45, 7) is 9.61. The summed E-state index contributed by atoms with van der Waals surface area (Å²) in [5.74, 6) is -1.09. The summed E-state index contributed by atoms with van der Waals surface area (Å²) < 4.78 is 33.5. The normalized spacial score (nSPS) is 19.4. The van der Waals surface area contributed by atoms with Crippen LogP contribution in [0.3, 0.4) is 0 Å². The predicted molar refractivity (Wildman–Crippen MR) is 114 cm³/mol. The van der Waals surface area contributed by atoms with Crippen LogP contribution in [0.4, 0.5) is 0 Å². The van der Waals surface area contributed by atoms with Gasteiger partial charge in [0.25, 0.3) is 5.91 Å². The Balaban J connectivity index is 1.63. The molecule has 2 aliphatic rings. The number of hydrogen-bond donors (Lipinski definition) is 1. The molecule has 1 aliphatic carbocycles. The van der Waals surface area contributed by atoms with Gasteiger partial charge in [-0.2, -0.15) is 4.31 Å². The molecule has 1 saturated carbocycles. The number of carbonyl (C=O) groups is 2. The van der Waals surface area contributed by atoms with Crippen LogP contribution >= 0.6 is 0 Å². The van der Waals surface area contributed by atoms with Crippen molar-refractivity contribution in [2.24, 2.45) is 5.92 Å². The van der Waals surface area contributed by atoms with E-state index in [2.05, 4.69) is 5.32 Å². The minimum atomic E-state index is -3.64. The molecule has 1 aromatic carbocycles. The molecule has 8 heteroatoms. The molecular weight excluding hydrogens is 404 g/mol. The van der Waals surface area contributed by atoms with Crippen molar-refractivity contribution in [2.75, 3.05) is 13.1 Å². The third kappa shape index (κ3) is 4.70. The van der Waals surface area contributed by atoms with Gasteiger partial charge in [0.2, 0.25) is 10.0 Å². The molecular formula is C22H32N2O5S. The number of esters is 1. The first-order chi connectivity index (χ1) is 14.0. The molecule has 1 aliphatic heterocycles. The molecule has 30 heavy (non-hydrogen) atoms. The van der Waals surface area contributed by atoms with Crippen molar-refractivity contribution in [1.82, 2.24) is 9.62 Å². The Labute approximate surface area is 179 Å². The van der Waals surface area contributed by atoms with Crippen LogP contribution in [-0.4, -0.2) is 49.8 Å². The highest BCUT2D eigenvalue weighted by Gasteiger charge is 2.36. The first kappa shape index (κ1) is 22.7. The fraction of sp³-hybridized carbons (Fsp3) is 0.636. The van der Waals surface area contributed by atoms with E-state index in [0.29, 0.717) is 17.7 Å². The molecule has 3 rings (SSSR count). The number of aryl methyl sites for hydroxylation is 2. The van der Waals surface area contributed by atoms with Crippen LogP contribution in [0.25, 0.3) is 0 Å². The van der Waals surface area contributed by atoms with Gasteiger partial charge in [-0.25, -0.2) is 8.42 Å². The lowest BCUT2D eigenvalue weighted by molar-refractivity contribution is -0.159. The van der Waals surface area contributed by atoms with Gasteiger partial charge >= 0.3 is 5.97 Å². The van der Waals surface area contributed by atoms with E-state index in [1.165, 1.54) is 4.31 Å². The molecule has 1 N–H and O–H groups in total. The Hall–Kier alpha value is -1.93. The number of ether oxygens (including phenoxy) is 1. The lowest BCUT2D eigenvalue weighted by atomic mass is 9.98. The number of amides is 1. The van der Waals surface area contributed by atoms with Gasteiger partial charge in [0.15, 0.2) is 6.10 Å². The van der Waals surface area contributed by atoms with Gasteiger partial charge in [-0.1, -0.05) is 6.07 Å². The molecule has 7 nitrogen and oxygen atoms in total. The molecule has 2 fully saturated rings. The average molecular weight is 437 g/mol. The van der Waals surface area contributed by atoms with Crippen molar-refractivity contribution in [3.63, 3.8) is 0 Å². The number of hydrogen-bond acceptors (Lipinski definition) is 5. The molecule has 1 atom stereocenters. The van der Waals surface area contributed by atoms with Crippen LogP contribution in [0.5, 0.6) is 0 Å². The van der Waals surface area contributed by atoms with Crippen LogP contribution in [0.15, 0.2) is 11.0 Å². The summed E-state index contributed by atoms with van der Waals surface area (Å²) in [5.41, 5.74) is 3.45. The lowest BCUT2D eigenvalue weighted by Crippen LogP contribution is -2.43. The molecule has 1 amide bonds. The van der Waals surface area contributed by atoms with Crippen molar-refractivity contribution < 1.29 is 22.7 Å². The van der Waals surface area contributed by atoms with Gasteiger partial charge in [-0.3, -0.25) is 9.59 Å². The highest BCUT2D eigenvalue weighted by atomic mass is 32.2. The molecule has 1 unspecified atom stereocenters. The number of nitrogens with one attached hydrogen (secondary N) is 1. The van der Waals surface area contributed by atoms with E-state index in [0.717, 1.165) is 35.1 Å². The molecule has 0 spiro atoms. The van der Waals surface area contributed by atoms with E-state index in [9.17, 15) is 18.0 Å². The van der Waals surface area contributed by atoms with E-state index >= 15 is 0 Å². The number of carbonyl (C=O) groups excluding carboxylic acids is 2. The molecule has 1 heterocycles. The molecule has 0 bridgehead atoms. The largest absolute Gasteiger partial charge is 0.452 e. The lowest BCUT2D eigenvalue weighted by Gasteiger charge is -2.31. The van der Waals surface area contributed by atoms with Crippen molar-refractivity contribution >= 4 is 21.9 Å². The van der Waals surface area contributed by atoms with E-state index in [-0.39, 0.29) is 25.0 Å². The second kappa shape index (κ2) is 8.67. The SMILES string of the molecule is Cc1cc(C)c(C)c(S(=O)(=O)N2CCC(C(=O)OC(C)C(=O)NC3CC3)CC2)c1C. The zero-order chi connectivity index (χ0) is 22.2. The van der Waals surface area contributed by atoms with Crippen molar-refractivity contribution in [1.29, 1.82) is 0 Å². The minimum Gasteiger partial charge on any atom is -0.452 e. The first-order valence-electron chi connectivity index (χ1n) is 10.6. The summed E-state index contributed by atoms with van der Waals surface area (Å²) in [6.07, 6.45) is 1.88. The van der Waals surface area contributed by atoms with E-state index < -0.39 is 28.0 Å². The topological polar surface area (TPSA) is 92.8 Å². The van der Waals surface area contributed by atoms with Crippen LogP contribution in [0, 0.1) is 33.6 Å². The Morgan fingerprint density at radius 3 is 2.07 bits per heavy atom. The minimum absolute atomic E-state index is 0.212. The average Bonchev–Trinajstić information content (AvgIpc) is 3.50. The monoisotopic (exact) mass is 436 g/mol. The number of nitrogens with zero attached hydrogens (tertiary/aromatic N) is 1. The highest BCUT2D eigenvalue weighted by Crippen LogP contribution is 2.31. The number of benzene rings is 1. The fourth-order valence-electron chi connectivity index (χ4n) is 3.90. The van der Waals surface area contributed by atoms with Gasteiger partial charge in [-0.05, 0) is 82.6 Å². The van der Waals surface area contributed by atoms with Crippen LogP contribution in [0.1, 0.15) is 54.9 Å². The van der Waals surface area contributed by atoms with Crippen molar-refractivity contribution in [2.45, 2.75) is 77.3 Å². The first-order valence-corrected chi connectivity index (χ1v) is 12.0. The van der Waals surface area contributed by atoms with Gasteiger partial charge in [-0.15, -0.1) is 0 Å². The quantitative estimate of drug-likeness (QED) is 0.692. The van der Waals surface area contributed by atoms with Gasteiger partial charge in [0, 0.05) is 19.1 Å². The van der Waals surface area contributed by atoms with Crippen LogP contribution < -0.4 is 5.32 Å². The molecule has 1 aromatic rings. The number of sulfonamides is 1. The Bertz CT molecular complexity index is 919. The molecule has 1 saturated heterocycles. The predicted octanol–water partition coefficient (Wildman–Crippen LogP) is 2.53. The zero-order valence-electron chi connectivity index (χ0n) is 18.4. The third-order valence-corrected chi connectivity index (χ3v) is 8.44. The van der Waals surface area contributed by atoms with E-state index in [1.54, 1.807) is 6.92 Å². The maximum Gasteiger partial charge on any atom is 0.309 e. The summed E-state index contributed by atoms with van der Waals surface area (Å²) in [7, 11) is -3.64. The summed E-state index contributed by atoms with van der Waals surface area (Å²) in [4.78, 5) is 24.8. The Morgan fingerprint density at radius 1 is 1.03 bits per heavy atom. The second-order valence-electron chi connectivity index (χ2n) is 8.63. The van der Waals surface area contributed by atoms with Crippen molar-refractivity contribution in [3.8, 4) is 0 Å². The Morgan fingerprint density at radius 2 is 1.57 bits per heavy atom. The smallest absolute Gasteiger partial charge is 0.309 e. The van der Waals surface area contributed by atoms with Crippen molar-refractivity contribution in [3.05, 3.63) is 28.3 Å². The third-order valence-electron chi connectivity index (χ3n) is 6.27. The van der Waals surface area contributed by atoms with Gasteiger partial charge in [0.05, 0.1) is 10.8 Å².